The number of Topliss-reactive ketones (excluding diaryl/α,β-unsaturated/α-hetero) is 1. The van der Waals surface area contributed by atoms with Gasteiger partial charge in [0.1, 0.15) is 18.7 Å². The maximum absolute atomic E-state index is 13.6. The summed E-state index contributed by atoms with van der Waals surface area (Å²) in [7, 11) is -3.34. The van der Waals surface area contributed by atoms with Gasteiger partial charge in [-0.3, -0.25) is 18.7 Å². The van der Waals surface area contributed by atoms with Crippen LogP contribution in [0.15, 0.2) is 24.3 Å². The molecule has 3 saturated heterocycles. The third-order valence-electron chi connectivity index (χ3n) is 6.88. The maximum atomic E-state index is 13.6. The largest absolute Gasteiger partial charge is 0.367 e. The second-order valence-corrected chi connectivity index (χ2v) is 12.6. The van der Waals surface area contributed by atoms with Gasteiger partial charge in [-0.25, -0.2) is 8.42 Å². The summed E-state index contributed by atoms with van der Waals surface area (Å²) >= 11 is 0. The summed E-state index contributed by atoms with van der Waals surface area (Å²) in [5.41, 5.74) is 0.253. The van der Waals surface area contributed by atoms with Gasteiger partial charge in [0.05, 0.1) is 17.5 Å². The van der Waals surface area contributed by atoms with Crippen molar-refractivity contribution in [3.63, 3.8) is 0 Å². The molecule has 9 nitrogen and oxygen atoms in total. The third-order valence-corrected chi connectivity index (χ3v) is 8.75. The smallest absolute Gasteiger partial charge is 0.251 e. The van der Waals surface area contributed by atoms with Crippen molar-refractivity contribution >= 4 is 33.3 Å². The van der Waals surface area contributed by atoms with Gasteiger partial charge in [0.15, 0.2) is 5.78 Å². The number of nitrogens with one attached hydrogen (secondary N) is 1. The molecule has 4 rings (SSSR count). The van der Waals surface area contributed by atoms with Crippen molar-refractivity contribution in [2.24, 2.45) is 11.3 Å². The predicted octanol–water partition coefficient (Wildman–Crippen LogP) is 1.58. The summed E-state index contributed by atoms with van der Waals surface area (Å²) < 4.78 is 31.7. The van der Waals surface area contributed by atoms with E-state index < -0.39 is 33.4 Å². The molecule has 3 fully saturated rings. The SMILES string of the molecule is C[C@H]1CN(C(=O)[C@@H](NC(=O)c2ccc(N3CCCCS3(=O)=O)cc2)C(C)(C)C)[C@@H]2C(=O)CO[C@@H]21. The van der Waals surface area contributed by atoms with Crippen LogP contribution in [0.2, 0.25) is 0 Å². The minimum Gasteiger partial charge on any atom is -0.367 e. The average Bonchev–Trinajstić information content (AvgIpc) is 3.31. The van der Waals surface area contributed by atoms with Crippen LogP contribution < -0.4 is 9.62 Å². The topological polar surface area (TPSA) is 113 Å². The van der Waals surface area contributed by atoms with Crippen LogP contribution in [0.3, 0.4) is 0 Å². The van der Waals surface area contributed by atoms with E-state index >= 15 is 0 Å². The normalized spacial score (nSPS) is 27.4. The minimum absolute atomic E-state index is 0.00901. The van der Waals surface area contributed by atoms with E-state index in [2.05, 4.69) is 5.32 Å². The highest BCUT2D eigenvalue weighted by Gasteiger charge is 2.52. The van der Waals surface area contributed by atoms with Crippen molar-refractivity contribution in [1.29, 1.82) is 0 Å². The molecule has 0 spiro atoms. The lowest BCUT2D eigenvalue weighted by molar-refractivity contribution is -0.140. The number of likely N-dealkylation sites (tertiary alicyclic amines) is 1. The quantitative estimate of drug-likeness (QED) is 0.684. The summed E-state index contributed by atoms with van der Waals surface area (Å²) in [4.78, 5) is 40.6. The zero-order valence-corrected chi connectivity index (χ0v) is 20.9. The summed E-state index contributed by atoms with van der Waals surface area (Å²) in [5, 5.41) is 2.86. The predicted molar refractivity (Wildman–Crippen MR) is 127 cm³/mol. The number of amides is 2. The van der Waals surface area contributed by atoms with Gasteiger partial charge in [-0.15, -0.1) is 0 Å². The fourth-order valence-corrected chi connectivity index (χ4v) is 6.65. The number of carbonyl (C=O) groups is 3. The van der Waals surface area contributed by atoms with Crippen molar-refractivity contribution in [2.75, 3.05) is 29.8 Å². The van der Waals surface area contributed by atoms with Crippen molar-refractivity contribution in [2.45, 2.75) is 58.7 Å². The first-order chi connectivity index (χ1) is 15.9. The zero-order chi connectivity index (χ0) is 24.8. The molecule has 0 bridgehead atoms. The Kier molecular flexibility index (Phi) is 6.50. The maximum Gasteiger partial charge on any atom is 0.251 e. The highest BCUT2D eigenvalue weighted by molar-refractivity contribution is 7.92. The van der Waals surface area contributed by atoms with Crippen LogP contribution in [0.25, 0.3) is 0 Å². The van der Waals surface area contributed by atoms with Crippen molar-refractivity contribution < 1.29 is 27.5 Å². The molecular formula is C24H33N3O6S. The lowest BCUT2D eigenvalue weighted by Gasteiger charge is -2.35. The van der Waals surface area contributed by atoms with Gasteiger partial charge in [-0.1, -0.05) is 27.7 Å². The fraction of sp³-hybridized carbons (Fsp3) is 0.625. The van der Waals surface area contributed by atoms with Crippen LogP contribution in [0, 0.1) is 11.3 Å². The molecule has 3 heterocycles. The van der Waals surface area contributed by atoms with E-state index in [1.165, 1.54) is 4.31 Å². The van der Waals surface area contributed by atoms with Gasteiger partial charge in [0.2, 0.25) is 15.9 Å². The highest BCUT2D eigenvalue weighted by atomic mass is 32.2. The number of ether oxygens (including phenoxy) is 1. The first-order valence-electron chi connectivity index (χ1n) is 11.8. The monoisotopic (exact) mass is 491 g/mol. The molecule has 1 aromatic carbocycles. The second-order valence-electron chi connectivity index (χ2n) is 10.6. The number of hydrogen-bond donors (Lipinski definition) is 1. The molecule has 10 heteroatoms. The van der Waals surface area contributed by atoms with Gasteiger partial charge in [-0.2, -0.15) is 0 Å². The van der Waals surface area contributed by atoms with Crippen LogP contribution >= 0.6 is 0 Å². The number of benzene rings is 1. The molecule has 2 amide bonds. The Balaban J connectivity index is 1.51. The Labute approximate surface area is 200 Å². The van der Waals surface area contributed by atoms with E-state index in [-0.39, 0.29) is 36.1 Å². The lowest BCUT2D eigenvalue weighted by atomic mass is 9.85. The summed E-state index contributed by atoms with van der Waals surface area (Å²) in [6.07, 6.45) is 1.14. The summed E-state index contributed by atoms with van der Waals surface area (Å²) in [6.45, 7) is 8.39. The van der Waals surface area contributed by atoms with Crippen LogP contribution in [0.4, 0.5) is 5.69 Å². The van der Waals surface area contributed by atoms with E-state index in [0.717, 1.165) is 6.42 Å². The van der Waals surface area contributed by atoms with E-state index in [1.54, 1.807) is 29.2 Å². The lowest BCUT2D eigenvalue weighted by Crippen LogP contribution is -2.57. The van der Waals surface area contributed by atoms with Crippen molar-refractivity contribution in [3.8, 4) is 0 Å². The number of nitrogens with zero attached hydrogens (tertiary/aromatic N) is 2. The summed E-state index contributed by atoms with van der Waals surface area (Å²) in [5.74, 6) is -0.677. The van der Waals surface area contributed by atoms with Gasteiger partial charge >= 0.3 is 0 Å². The summed E-state index contributed by atoms with van der Waals surface area (Å²) in [6, 6.07) is 4.93. The molecule has 3 aliphatic heterocycles. The first-order valence-corrected chi connectivity index (χ1v) is 13.4. The number of fused-ring (bicyclic) bond motifs is 1. The zero-order valence-electron chi connectivity index (χ0n) is 20.1. The molecule has 3 aliphatic rings. The average molecular weight is 492 g/mol. The van der Waals surface area contributed by atoms with Crippen molar-refractivity contribution in [3.05, 3.63) is 29.8 Å². The molecule has 186 valence electrons. The Hall–Kier alpha value is -2.46. The molecule has 0 radical (unpaired) electrons. The third kappa shape index (κ3) is 4.57. The van der Waals surface area contributed by atoms with Gasteiger partial charge in [0.25, 0.3) is 5.91 Å². The molecule has 0 unspecified atom stereocenters. The second kappa shape index (κ2) is 8.96. The molecule has 4 atom stereocenters. The minimum atomic E-state index is -3.34. The van der Waals surface area contributed by atoms with Gasteiger partial charge in [0, 0.05) is 24.6 Å². The van der Waals surface area contributed by atoms with E-state index in [1.807, 2.05) is 27.7 Å². The number of hydrogen-bond acceptors (Lipinski definition) is 6. The Morgan fingerprint density at radius 2 is 1.82 bits per heavy atom. The van der Waals surface area contributed by atoms with Crippen LogP contribution in [0.1, 0.15) is 50.9 Å². The molecule has 0 aromatic heterocycles. The van der Waals surface area contributed by atoms with E-state index in [0.29, 0.717) is 30.8 Å². The molecule has 1 aromatic rings. The molecule has 1 N–H and O–H groups in total. The van der Waals surface area contributed by atoms with Crippen LogP contribution in [-0.4, -0.2) is 74.6 Å². The highest BCUT2D eigenvalue weighted by Crippen LogP contribution is 2.34. The van der Waals surface area contributed by atoms with E-state index in [9.17, 15) is 22.8 Å². The van der Waals surface area contributed by atoms with Gasteiger partial charge in [-0.05, 0) is 42.5 Å². The van der Waals surface area contributed by atoms with Crippen LogP contribution in [-0.2, 0) is 24.3 Å². The van der Waals surface area contributed by atoms with E-state index in [4.69, 9.17) is 4.74 Å². The Bertz CT molecular complexity index is 1080. The Morgan fingerprint density at radius 1 is 1.15 bits per heavy atom. The molecular weight excluding hydrogens is 458 g/mol. The Morgan fingerprint density at radius 3 is 2.44 bits per heavy atom. The molecule has 0 saturated carbocycles. The van der Waals surface area contributed by atoms with Gasteiger partial charge < -0.3 is 15.0 Å². The first kappa shape index (κ1) is 24.7. The number of ketones is 1. The fourth-order valence-electron chi connectivity index (χ4n) is 5.01. The van der Waals surface area contributed by atoms with Crippen LogP contribution in [0.5, 0.6) is 0 Å². The molecule has 34 heavy (non-hydrogen) atoms. The van der Waals surface area contributed by atoms with Crippen molar-refractivity contribution in [1.82, 2.24) is 10.2 Å². The number of anilines is 1. The number of carbonyl (C=O) groups excluding carboxylic acids is 3. The molecule has 0 aliphatic carbocycles. The number of sulfonamides is 1. The standard InChI is InChI=1S/C24H33N3O6S/c1-15-13-26(19-18(28)14-33-20(15)19)23(30)21(24(2,3)4)25-22(29)16-7-9-17(10-8-16)27-11-5-6-12-34(27,31)32/h7-10,15,19-21H,5-6,11-14H2,1-4H3,(H,25,29)/t15-,19+,20+,21+/m0/s1. The number of rotatable bonds is 4.